The molecule has 2 aromatic carbocycles. The van der Waals surface area contributed by atoms with Crippen LogP contribution in [0.1, 0.15) is 55.5 Å². The zero-order chi connectivity index (χ0) is 27.0. The van der Waals surface area contributed by atoms with Gasteiger partial charge in [-0.25, -0.2) is 12.8 Å². The number of hydrogen-bond donors (Lipinski definition) is 0. The van der Waals surface area contributed by atoms with Crippen LogP contribution < -0.4 is 0 Å². The van der Waals surface area contributed by atoms with Gasteiger partial charge in [-0.3, -0.25) is 9.59 Å². The van der Waals surface area contributed by atoms with Crippen molar-refractivity contribution in [3.63, 3.8) is 0 Å². The van der Waals surface area contributed by atoms with Crippen molar-refractivity contribution in [2.24, 2.45) is 0 Å². The van der Waals surface area contributed by atoms with Gasteiger partial charge < -0.3 is 9.80 Å². The Balaban J connectivity index is 1.76. The molecule has 3 rings (SSSR count). The minimum atomic E-state index is -3.55. The maximum absolute atomic E-state index is 13.6. The molecule has 0 saturated carbocycles. The monoisotopic (exact) mass is 551 g/mol. The van der Waals surface area contributed by atoms with Crippen LogP contribution in [0, 0.1) is 5.82 Å². The summed E-state index contributed by atoms with van der Waals surface area (Å²) < 4.78 is 40.3. The molecule has 7 nitrogen and oxygen atoms in total. The molecule has 0 atom stereocenters. The molecule has 202 valence electrons. The summed E-state index contributed by atoms with van der Waals surface area (Å²) in [5.41, 5.74) is 1.31. The van der Waals surface area contributed by atoms with E-state index in [0.717, 1.165) is 5.56 Å². The number of benzene rings is 2. The van der Waals surface area contributed by atoms with E-state index in [2.05, 4.69) is 0 Å². The standard InChI is InChI=1S/C27H35ClFN3O4S/c1-3-15-31(37(35,36)18-4-2)20-26(33)32(19-21-5-11-24(29)12-6-21)25-13-16-30(17-14-25)27(34)22-7-9-23(28)10-8-22/h5-12,25H,3-4,13-20H2,1-2H3. The van der Waals surface area contributed by atoms with Crippen LogP contribution in [0.3, 0.4) is 0 Å². The number of halogens is 2. The molecule has 10 heteroatoms. The van der Waals surface area contributed by atoms with Gasteiger partial charge in [0.2, 0.25) is 15.9 Å². The van der Waals surface area contributed by atoms with E-state index in [1.807, 2.05) is 6.92 Å². The van der Waals surface area contributed by atoms with Crippen molar-refractivity contribution in [3.05, 3.63) is 70.5 Å². The summed E-state index contributed by atoms with van der Waals surface area (Å²) in [6.45, 7) is 4.88. The molecular formula is C27H35ClFN3O4S. The fraction of sp³-hybridized carbons (Fsp3) is 0.481. The minimum absolute atomic E-state index is 0.0105. The van der Waals surface area contributed by atoms with Crippen LogP contribution in [-0.2, 0) is 21.4 Å². The first kappa shape index (κ1) is 29.1. The third kappa shape index (κ3) is 7.99. The highest BCUT2D eigenvalue weighted by molar-refractivity contribution is 7.89. The van der Waals surface area contributed by atoms with Gasteiger partial charge in [0.25, 0.3) is 5.91 Å². The second-order valence-electron chi connectivity index (χ2n) is 9.33. The SMILES string of the molecule is CCCN(CC(=O)N(Cc1ccc(F)cc1)C1CCN(C(=O)c2ccc(Cl)cc2)CC1)S(=O)(=O)CCC. The smallest absolute Gasteiger partial charge is 0.253 e. The molecule has 0 spiro atoms. The highest BCUT2D eigenvalue weighted by Gasteiger charge is 2.32. The van der Waals surface area contributed by atoms with Crippen LogP contribution in [-0.4, -0.2) is 72.3 Å². The first-order valence-electron chi connectivity index (χ1n) is 12.7. The third-order valence-corrected chi connectivity index (χ3v) is 8.78. The average molecular weight is 552 g/mol. The van der Waals surface area contributed by atoms with Gasteiger partial charge in [-0.15, -0.1) is 0 Å². The Morgan fingerprint density at radius 2 is 1.62 bits per heavy atom. The number of rotatable bonds is 11. The van der Waals surface area contributed by atoms with Crippen molar-refractivity contribution >= 4 is 33.4 Å². The topological polar surface area (TPSA) is 78.0 Å². The molecule has 1 fully saturated rings. The van der Waals surface area contributed by atoms with E-state index in [1.54, 1.807) is 53.1 Å². The molecule has 1 aliphatic heterocycles. The number of hydrogen-bond acceptors (Lipinski definition) is 4. The second kappa shape index (κ2) is 13.3. The van der Waals surface area contributed by atoms with Gasteiger partial charge in [0.15, 0.2) is 0 Å². The summed E-state index contributed by atoms with van der Waals surface area (Å²) >= 11 is 5.94. The molecule has 1 heterocycles. The zero-order valence-corrected chi connectivity index (χ0v) is 23.0. The normalized spacial score (nSPS) is 14.7. The highest BCUT2D eigenvalue weighted by atomic mass is 35.5. The Hall–Kier alpha value is -2.49. The van der Waals surface area contributed by atoms with E-state index in [4.69, 9.17) is 11.6 Å². The summed E-state index contributed by atoms with van der Waals surface area (Å²) in [4.78, 5) is 30.0. The fourth-order valence-electron chi connectivity index (χ4n) is 4.56. The Kier molecular flexibility index (Phi) is 10.5. The van der Waals surface area contributed by atoms with Gasteiger partial charge in [0.05, 0.1) is 12.3 Å². The lowest BCUT2D eigenvalue weighted by Gasteiger charge is -2.39. The molecule has 0 N–H and O–H groups in total. The third-order valence-electron chi connectivity index (χ3n) is 6.51. The van der Waals surface area contributed by atoms with Gasteiger partial charge >= 0.3 is 0 Å². The van der Waals surface area contributed by atoms with Crippen LogP contribution in [0.15, 0.2) is 48.5 Å². The predicted octanol–water partition coefficient (Wildman–Crippen LogP) is 4.56. The Morgan fingerprint density at radius 1 is 1.00 bits per heavy atom. The van der Waals surface area contributed by atoms with Crippen LogP contribution in [0.2, 0.25) is 5.02 Å². The number of carbonyl (C=O) groups is 2. The van der Waals surface area contributed by atoms with Crippen molar-refractivity contribution in [3.8, 4) is 0 Å². The van der Waals surface area contributed by atoms with Gasteiger partial charge in [0.1, 0.15) is 5.82 Å². The van der Waals surface area contributed by atoms with Crippen molar-refractivity contribution in [2.45, 2.75) is 52.1 Å². The van der Waals surface area contributed by atoms with E-state index < -0.39 is 10.0 Å². The van der Waals surface area contributed by atoms with Crippen LogP contribution in [0.5, 0.6) is 0 Å². The van der Waals surface area contributed by atoms with E-state index >= 15 is 0 Å². The van der Waals surface area contributed by atoms with Crippen molar-refractivity contribution < 1.29 is 22.4 Å². The van der Waals surface area contributed by atoms with Crippen molar-refractivity contribution in [1.82, 2.24) is 14.1 Å². The number of nitrogens with zero attached hydrogens (tertiary/aromatic N) is 3. The van der Waals surface area contributed by atoms with Gasteiger partial charge in [-0.1, -0.05) is 37.6 Å². The van der Waals surface area contributed by atoms with Crippen LogP contribution in [0.25, 0.3) is 0 Å². The van der Waals surface area contributed by atoms with E-state index in [-0.39, 0.29) is 49.1 Å². The number of carbonyl (C=O) groups excluding carboxylic acids is 2. The molecule has 0 aliphatic carbocycles. The summed E-state index contributed by atoms with van der Waals surface area (Å²) in [5, 5.41) is 0.559. The van der Waals surface area contributed by atoms with E-state index in [9.17, 15) is 22.4 Å². The molecule has 1 saturated heterocycles. The number of sulfonamides is 1. The molecule has 0 radical (unpaired) electrons. The molecule has 2 aromatic rings. The summed E-state index contributed by atoms with van der Waals surface area (Å²) in [6.07, 6.45) is 2.18. The molecule has 0 bridgehead atoms. The van der Waals surface area contributed by atoms with Crippen LogP contribution >= 0.6 is 11.6 Å². The van der Waals surface area contributed by atoms with Crippen molar-refractivity contribution in [1.29, 1.82) is 0 Å². The quantitative estimate of drug-likeness (QED) is 0.410. The lowest BCUT2D eigenvalue weighted by atomic mass is 10.0. The lowest BCUT2D eigenvalue weighted by Crippen LogP contribution is -2.51. The summed E-state index contributed by atoms with van der Waals surface area (Å²) in [5.74, 6) is -0.759. The fourth-order valence-corrected chi connectivity index (χ4v) is 6.23. The molecule has 1 aliphatic rings. The Bertz CT molecular complexity index is 1150. The number of likely N-dealkylation sites (tertiary alicyclic amines) is 1. The maximum atomic E-state index is 13.6. The Morgan fingerprint density at radius 3 is 2.19 bits per heavy atom. The molecule has 37 heavy (non-hydrogen) atoms. The van der Waals surface area contributed by atoms with Crippen LogP contribution in [0.4, 0.5) is 4.39 Å². The van der Waals surface area contributed by atoms with Gasteiger partial charge in [-0.05, 0) is 67.6 Å². The first-order valence-corrected chi connectivity index (χ1v) is 14.7. The predicted molar refractivity (Wildman–Crippen MR) is 143 cm³/mol. The first-order chi connectivity index (χ1) is 17.6. The highest BCUT2D eigenvalue weighted by Crippen LogP contribution is 2.22. The zero-order valence-electron chi connectivity index (χ0n) is 21.4. The minimum Gasteiger partial charge on any atom is -0.338 e. The molecule has 0 aromatic heterocycles. The maximum Gasteiger partial charge on any atom is 0.253 e. The van der Waals surface area contributed by atoms with Gasteiger partial charge in [-0.2, -0.15) is 4.31 Å². The summed E-state index contributed by atoms with van der Waals surface area (Å²) in [7, 11) is -3.55. The summed E-state index contributed by atoms with van der Waals surface area (Å²) in [6, 6.07) is 12.5. The van der Waals surface area contributed by atoms with E-state index in [0.29, 0.717) is 49.4 Å². The largest absolute Gasteiger partial charge is 0.338 e. The number of amides is 2. The van der Waals surface area contributed by atoms with Gasteiger partial charge in [0, 0.05) is 42.8 Å². The number of piperidine rings is 1. The molecular weight excluding hydrogens is 517 g/mol. The average Bonchev–Trinajstić information content (AvgIpc) is 2.88. The van der Waals surface area contributed by atoms with Crippen molar-refractivity contribution in [2.75, 3.05) is 31.9 Å². The molecule has 2 amide bonds. The lowest BCUT2D eigenvalue weighted by molar-refractivity contribution is -0.135. The molecule has 0 unspecified atom stereocenters. The Labute approximate surface area is 224 Å². The second-order valence-corrected chi connectivity index (χ2v) is 11.9. The van der Waals surface area contributed by atoms with E-state index in [1.165, 1.54) is 16.4 Å².